The minimum Gasteiger partial charge on any atom is -0.345 e. The normalized spacial score (nSPS) is 13.7. The molecular weight excluding hydrogens is 627 g/mol. The lowest BCUT2D eigenvalue weighted by Crippen LogP contribution is -2.25. The maximum atomic E-state index is 2.59. The van der Waals surface area contributed by atoms with E-state index < -0.39 is 0 Å². The second kappa shape index (κ2) is 16.7. The van der Waals surface area contributed by atoms with E-state index >= 15 is 0 Å². The molecule has 5 aromatic carbocycles. The molecule has 0 N–H and O–H groups in total. The van der Waals surface area contributed by atoms with Crippen LogP contribution in [-0.2, 0) is 18.3 Å². The molecule has 1 heteroatoms. The molecule has 0 fully saturated rings. The van der Waals surface area contributed by atoms with Crippen LogP contribution in [0.15, 0.2) is 103 Å². The molecule has 0 spiro atoms. The fourth-order valence-corrected chi connectivity index (χ4v) is 9.15. The molecule has 0 saturated carbocycles. The van der Waals surface area contributed by atoms with Crippen molar-refractivity contribution in [2.75, 3.05) is 11.9 Å². The van der Waals surface area contributed by atoms with Crippen LogP contribution in [0.5, 0.6) is 0 Å². The Morgan fingerprint density at radius 2 is 0.923 bits per heavy atom. The van der Waals surface area contributed by atoms with Gasteiger partial charge < -0.3 is 4.90 Å². The van der Waals surface area contributed by atoms with E-state index in [1.54, 1.807) is 11.1 Å². The molecule has 0 amide bonds. The Bertz CT molecular complexity index is 1910. The summed E-state index contributed by atoms with van der Waals surface area (Å²) >= 11 is 0. The Hall–Kier alpha value is -4.10. The van der Waals surface area contributed by atoms with Crippen LogP contribution in [0, 0.1) is 6.92 Å². The number of fused-ring (bicyclic) bond motifs is 4. The molecule has 2 aliphatic carbocycles. The monoisotopic (exact) mass is 687 g/mol. The van der Waals surface area contributed by atoms with Crippen LogP contribution < -0.4 is 4.90 Å². The van der Waals surface area contributed by atoms with Crippen LogP contribution in [0.2, 0.25) is 0 Å². The lowest BCUT2D eigenvalue weighted by Gasteiger charge is -2.33. The molecule has 7 rings (SSSR count). The van der Waals surface area contributed by atoms with Gasteiger partial charge in [-0.15, -0.1) is 0 Å². The highest BCUT2D eigenvalue weighted by Crippen LogP contribution is 2.55. The van der Waals surface area contributed by atoms with Gasteiger partial charge in [0.15, 0.2) is 0 Å². The fourth-order valence-electron chi connectivity index (χ4n) is 9.15. The van der Waals surface area contributed by atoms with E-state index in [0.717, 1.165) is 0 Å². The third kappa shape index (κ3) is 7.66. The van der Waals surface area contributed by atoms with Gasteiger partial charge in [-0.3, -0.25) is 0 Å². The maximum absolute atomic E-state index is 2.59. The molecule has 0 unspecified atom stereocenters. The van der Waals surface area contributed by atoms with Gasteiger partial charge in [-0.1, -0.05) is 169 Å². The van der Waals surface area contributed by atoms with Crippen LogP contribution in [0.1, 0.15) is 132 Å². The first-order valence-electron chi connectivity index (χ1n) is 20.8. The Balaban J connectivity index is 1.13. The van der Waals surface area contributed by atoms with E-state index in [4.69, 9.17) is 0 Å². The summed E-state index contributed by atoms with van der Waals surface area (Å²) in [4.78, 5) is 2.30. The number of rotatable bonds is 18. The Morgan fingerprint density at radius 3 is 1.46 bits per heavy atom. The quantitative estimate of drug-likeness (QED) is 0.0829. The number of unbranched alkanes of at least 4 members (excludes halogenated alkanes) is 10. The number of nitrogens with zero attached hydrogens (tertiary/aromatic N) is 1. The molecule has 0 atom stereocenters. The molecule has 52 heavy (non-hydrogen) atoms. The smallest absolute Gasteiger partial charge is 0.0408 e. The van der Waals surface area contributed by atoms with Crippen LogP contribution >= 0.6 is 0 Å². The largest absolute Gasteiger partial charge is 0.345 e. The number of anilines is 2. The lowest BCUT2D eigenvalue weighted by molar-refractivity contribution is 0.398. The van der Waals surface area contributed by atoms with Gasteiger partial charge in [0, 0.05) is 23.8 Å². The SMILES string of the molecule is CCCCCCCCC1(CCCCCCCC)c2cc(C)ccc2-c2ccc(-c3ccc(N(C)c4ccc(-c5ccc6c(c5)CC6)cc4)cc3)cc21. The lowest BCUT2D eigenvalue weighted by atomic mass is 9.70. The van der Waals surface area contributed by atoms with E-state index in [9.17, 15) is 0 Å². The predicted octanol–water partition coefficient (Wildman–Crippen LogP) is 15.0. The highest BCUT2D eigenvalue weighted by molar-refractivity contribution is 5.84. The zero-order valence-corrected chi connectivity index (χ0v) is 32.6. The van der Waals surface area contributed by atoms with Crippen LogP contribution in [-0.4, -0.2) is 7.05 Å². The summed E-state index contributed by atoms with van der Waals surface area (Å²) in [5, 5.41) is 0. The van der Waals surface area contributed by atoms with E-state index in [1.807, 2.05) is 0 Å². The van der Waals surface area contributed by atoms with Gasteiger partial charge in [0.05, 0.1) is 0 Å². The van der Waals surface area contributed by atoms with Crippen molar-refractivity contribution in [3.05, 3.63) is 131 Å². The number of benzene rings is 5. The van der Waals surface area contributed by atoms with Gasteiger partial charge >= 0.3 is 0 Å². The Morgan fingerprint density at radius 1 is 0.462 bits per heavy atom. The third-order valence-electron chi connectivity index (χ3n) is 12.5. The van der Waals surface area contributed by atoms with Crippen LogP contribution in [0.25, 0.3) is 33.4 Å². The summed E-state index contributed by atoms with van der Waals surface area (Å²) in [7, 11) is 2.18. The fraction of sp³-hybridized carbons (Fsp3) is 0.412. The van der Waals surface area contributed by atoms with Gasteiger partial charge in [-0.2, -0.15) is 0 Å². The van der Waals surface area contributed by atoms with E-state index in [1.165, 1.54) is 164 Å². The number of hydrogen-bond acceptors (Lipinski definition) is 1. The Kier molecular flexibility index (Phi) is 11.7. The number of hydrogen-bond donors (Lipinski definition) is 0. The molecule has 5 aromatic rings. The van der Waals surface area contributed by atoms with E-state index in [0.29, 0.717) is 0 Å². The second-order valence-electron chi connectivity index (χ2n) is 16.1. The second-order valence-corrected chi connectivity index (χ2v) is 16.1. The van der Waals surface area contributed by atoms with Crippen molar-refractivity contribution in [3.63, 3.8) is 0 Å². The molecule has 0 radical (unpaired) electrons. The molecule has 1 nitrogen and oxygen atoms in total. The highest BCUT2D eigenvalue weighted by Gasteiger charge is 2.42. The van der Waals surface area contributed by atoms with Gasteiger partial charge in [-0.25, -0.2) is 0 Å². The standard InChI is InChI=1S/C51H61N/c1-5-7-9-11-13-15-33-51(34-16-14-12-10-8-6-2)49-35-38(3)17-31-47(49)48-32-26-44(37-50(48)51)41-24-29-46(30-25-41)52(4)45-27-22-40(23-28-45)43-21-19-39-18-20-42(39)36-43/h17,19,21-32,35-37H,5-16,18,20,33-34H2,1-4H3. The first kappa shape index (κ1) is 36.3. The van der Waals surface area contributed by atoms with Crippen molar-refractivity contribution in [1.29, 1.82) is 0 Å². The van der Waals surface area contributed by atoms with E-state index in [-0.39, 0.29) is 5.41 Å². The van der Waals surface area contributed by atoms with Crippen molar-refractivity contribution in [3.8, 4) is 33.4 Å². The van der Waals surface area contributed by atoms with E-state index in [2.05, 4.69) is 136 Å². The summed E-state index contributed by atoms with van der Waals surface area (Å²) in [5.74, 6) is 0. The predicted molar refractivity (Wildman–Crippen MR) is 226 cm³/mol. The number of aryl methyl sites for hydroxylation is 3. The van der Waals surface area contributed by atoms with Crippen LogP contribution in [0.3, 0.4) is 0 Å². The minimum absolute atomic E-state index is 0.106. The molecule has 0 saturated heterocycles. The first-order valence-corrected chi connectivity index (χ1v) is 20.8. The summed E-state index contributed by atoms with van der Waals surface area (Å²) in [6, 6.07) is 40.0. The highest BCUT2D eigenvalue weighted by atomic mass is 15.1. The summed E-state index contributed by atoms with van der Waals surface area (Å²) in [6.45, 7) is 6.93. The van der Waals surface area contributed by atoms with Crippen molar-refractivity contribution in [2.45, 2.75) is 129 Å². The van der Waals surface area contributed by atoms with Crippen molar-refractivity contribution >= 4 is 11.4 Å². The van der Waals surface area contributed by atoms with Gasteiger partial charge in [0.2, 0.25) is 0 Å². The maximum Gasteiger partial charge on any atom is 0.0408 e. The van der Waals surface area contributed by atoms with Gasteiger partial charge in [-0.05, 0) is 119 Å². The Labute approximate surface area is 315 Å². The summed E-state index contributed by atoms with van der Waals surface area (Å²) in [5.41, 5.74) is 18.4. The summed E-state index contributed by atoms with van der Waals surface area (Å²) in [6.07, 6.45) is 21.1. The van der Waals surface area contributed by atoms with Crippen molar-refractivity contribution < 1.29 is 0 Å². The molecule has 0 bridgehead atoms. The summed E-state index contributed by atoms with van der Waals surface area (Å²) < 4.78 is 0. The van der Waals surface area contributed by atoms with Crippen molar-refractivity contribution in [2.24, 2.45) is 0 Å². The molecule has 0 aliphatic heterocycles. The topological polar surface area (TPSA) is 3.24 Å². The zero-order valence-electron chi connectivity index (χ0n) is 32.6. The molecule has 2 aliphatic rings. The minimum atomic E-state index is 0.106. The molecule has 0 aromatic heterocycles. The average molecular weight is 688 g/mol. The third-order valence-corrected chi connectivity index (χ3v) is 12.5. The molecule has 270 valence electrons. The molecule has 0 heterocycles. The zero-order chi connectivity index (χ0) is 35.9. The van der Waals surface area contributed by atoms with Gasteiger partial charge in [0.25, 0.3) is 0 Å². The van der Waals surface area contributed by atoms with Gasteiger partial charge in [0.1, 0.15) is 0 Å². The average Bonchev–Trinajstić information content (AvgIpc) is 3.42. The van der Waals surface area contributed by atoms with Crippen LogP contribution in [0.4, 0.5) is 11.4 Å². The van der Waals surface area contributed by atoms with Crippen molar-refractivity contribution in [1.82, 2.24) is 0 Å². The first-order chi connectivity index (χ1) is 25.5. The molecular formula is C51H61N.